The minimum atomic E-state index is 0.734. The molecule has 0 N–H and O–H groups in total. The van der Waals surface area contributed by atoms with Crippen LogP contribution in [-0.2, 0) is 0 Å². The lowest BCUT2D eigenvalue weighted by molar-refractivity contribution is 0.318. The molecule has 2 rings (SSSR count). The van der Waals surface area contributed by atoms with Crippen LogP contribution in [0.4, 0.5) is 0 Å². The summed E-state index contributed by atoms with van der Waals surface area (Å²) in [5.41, 5.74) is 0. The second kappa shape index (κ2) is 8.53. The van der Waals surface area contributed by atoms with Crippen molar-refractivity contribution in [1.29, 1.82) is 0 Å². The van der Waals surface area contributed by atoms with E-state index in [4.69, 9.17) is 9.47 Å². The van der Waals surface area contributed by atoms with Gasteiger partial charge in [-0.1, -0.05) is 44.0 Å². The zero-order chi connectivity index (χ0) is 14.2. The Bertz CT molecular complexity index is 498. The van der Waals surface area contributed by atoms with Gasteiger partial charge in [0, 0.05) is 10.7 Å². The quantitative estimate of drug-likeness (QED) is 0.448. The van der Waals surface area contributed by atoms with Gasteiger partial charge in [-0.2, -0.15) is 0 Å². The lowest BCUT2D eigenvalue weighted by Gasteiger charge is -2.09. The molecule has 0 atom stereocenters. The van der Waals surface area contributed by atoms with Crippen LogP contribution >= 0.6 is 31.9 Å². The summed E-state index contributed by atoms with van der Waals surface area (Å²) in [5, 5.41) is 4.28. The Morgan fingerprint density at radius 2 is 1.20 bits per heavy atom. The van der Waals surface area contributed by atoms with Crippen molar-refractivity contribution in [3.63, 3.8) is 0 Å². The van der Waals surface area contributed by atoms with Crippen LogP contribution < -0.4 is 9.47 Å². The molecule has 0 amide bonds. The standard InChI is InChI=1S/C16H18Br2O2/c17-7-1-9-19-15-5-3-13-4-6-16(12-14(13)11-15)20-10-2-8-18/h3-6,11-12H,1-2,7-10H2. The Balaban J connectivity index is 2.08. The fourth-order valence-electron chi connectivity index (χ4n) is 1.87. The first-order valence-electron chi connectivity index (χ1n) is 6.75. The minimum Gasteiger partial charge on any atom is -0.494 e. The summed E-state index contributed by atoms with van der Waals surface area (Å²) >= 11 is 6.80. The molecule has 0 spiro atoms. The highest BCUT2D eigenvalue weighted by molar-refractivity contribution is 9.09. The number of benzene rings is 2. The molecule has 0 saturated carbocycles. The molecule has 0 aliphatic rings. The van der Waals surface area contributed by atoms with Gasteiger partial charge >= 0.3 is 0 Å². The number of hydrogen-bond acceptors (Lipinski definition) is 2. The van der Waals surface area contributed by atoms with Gasteiger partial charge in [0.25, 0.3) is 0 Å². The maximum absolute atomic E-state index is 5.72. The van der Waals surface area contributed by atoms with Gasteiger partial charge in [-0.3, -0.25) is 0 Å². The average Bonchev–Trinajstić information content (AvgIpc) is 2.47. The van der Waals surface area contributed by atoms with Gasteiger partial charge in [-0.15, -0.1) is 0 Å². The summed E-state index contributed by atoms with van der Waals surface area (Å²) in [6, 6.07) is 12.3. The Morgan fingerprint density at radius 1 is 0.700 bits per heavy atom. The van der Waals surface area contributed by atoms with Crippen molar-refractivity contribution < 1.29 is 9.47 Å². The molecular formula is C16H18Br2O2. The van der Waals surface area contributed by atoms with Crippen molar-refractivity contribution >= 4 is 42.6 Å². The Hall–Kier alpha value is -0.740. The van der Waals surface area contributed by atoms with E-state index in [1.165, 1.54) is 5.39 Å². The fourth-order valence-corrected chi connectivity index (χ4v) is 2.33. The molecule has 2 aromatic rings. The number of rotatable bonds is 8. The number of fused-ring (bicyclic) bond motifs is 1. The van der Waals surface area contributed by atoms with Crippen LogP contribution in [0.1, 0.15) is 12.8 Å². The van der Waals surface area contributed by atoms with E-state index >= 15 is 0 Å². The highest BCUT2D eigenvalue weighted by atomic mass is 79.9. The second-order valence-electron chi connectivity index (χ2n) is 4.45. The maximum Gasteiger partial charge on any atom is 0.119 e. The number of hydrogen-bond donors (Lipinski definition) is 0. The van der Waals surface area contributed by atoms with Crippen LogP contribution in [0.3, 0.4) is 0 Å². The summed E-state index contributed by atoms with van der Waals surface area (Å²) in [5.74, 6) is 1.83. The van der Waals surface area contributed by atoms with Gasteiger partial charge in [-0.25, -0.2) is 0 Å². The fraction of sp³-hybridized carbons (Fsp3) is 0.375. The third-order valence-corrected chi connectivity index (χ3v) is 4.00. The molecule has 0 unspecified atom stereocenters. The van der Waals surface area contributed by atoms with Gasteiger partial charge < -0.3 is 9.47 Å². The third-order valence-electron chi connectivity index (χ3n) is 2.88. The number of halogens is 2. The van der Waals surface area contributed by atoms with E-state index in [2.05, 4.69) is 56.1 Å². The molecule has 0 saturated heterocycles. The smallest absolute Gasteiger partial charge is 0.119 e. The predicted molar refractivity (Wildman–Crippen MR) is 91.8 cm³/mol. The van der Waals surface area contributed by atoms with E-state index in [0.29, 0.717) is 0 Å². The summed E-state index contributed by atoms with van der Waals surface area (Å²) in [7, 11) is 0. The first-order valence-corrected chi connectivity index (χ1v) is 8.99. The van der Waals surface area contributed by atoms with Gasteiger partial charge in [0.05, 0.1) is 13.2 Å². The molecule has 2 nitrogen and oxygen atoms in total. The van der Waals surface area contributed by atoms with Crippen LogP contribution in [-0.4, -0.2) is 23.9 Å². The van der Waals surface area contributed by atoms with Crippen LogP contribution in [0.2, 0.25) is 0 Å². The Morgan fingerprint density at radius 3 is 1.65 bits per heavy atom. The van der Waals surface area contributed by atoms with Crippen molar-refractivity contribution in [3.05, 3.63) is 36.4 Å². The topological polar surface area (TPSA) is 18.5 Å². The minimum absolute atomic E-state index is 0.734. The summed E-state index contributed by atoms with van der Waals surface area (Å²) in [4.78, 5) is 0. The number of alkyl halides is 2. The third kappa shape index (κ3) is 4.67. The van der Waals surface area contributed by atoms with Crippen LogP contribution in [0, 0.1) is 0 Å². The average molecular weight is 402 g/mol. The molecule has 0 radical (unpaired) electrons. The largest absolute Gasteiger partial charge is 0.494 e. The molecular weight excluding hydrogens is 384 g/mol. The van der Waals surface area contributed by atoms with Crippen LogP contribution in [0.15, 0.2) is 36.4 Å². The van der Waals surface area contributed by atoms with E-state index in [1.807, 2.05) is 12.1 Å². The van der Waals surface area contributed by atoms with Gasteiger partial charge in [0.15, 0.2) is 0 Å². The normalized spacial score (nSPS) is 10.7. The Kier molecular flexibility index (Phi) is 6.67. The second-order valence-corrected chi connectivity index (χ2v) is 6.04. The number of ether oxygens (including phenoxy) is 2. The molecule has 0 aliphatic heterocycles. The zero-order valence-corrected chi connectivity index (χ0v) is 14.5. The molecule has 0 aliphatic carbocycles. The highest BCUT2D eigenvalue weighted by Crippen LogP contribution is 2.25. The zero-order valence-electron chi connectivity index (χ0n) is 11.3. The van der Waals surface area contributed by atoms with E-state index in [1.54, 1.807) is 0 Å². The first kappa shape index (κ1) is 15.6. The molecule has 20 heavy (non-hydrogen) atoms. The van der Waals surface area contributed by atoms with Crippen molar-refractivity contribution in [3.8, 4) is 11.5 Å². The molecule has 0 heterocycles. The molecule has 0 fully saturated rings. The summed E-state index contributed by atoms with van der Waals surface area (Å²) < 4.78 is 11.4. The van der Waals surface area contributed by atoms with Crippen molar-refractivity contribution in [2.75, 3.05) is 23.9 Å². The van der Waals surface area contributed by atoms with Gasteiger partial charge in [-0.05, 0) is 47.9 Å². The SMILES string of the molecule is BrCCCOc1ccc2ccc(OCCCBr)cc2c1. The molecule has 2 aromatic carbocycles. The maximum atomic E-state index is 5.72. The Labute approximate surface area is 136 Å². The molecule has 108 valence electrons. The molecule has 0 bridgehead atoms. The highest BCUT2D eigenvalue weighted by Gasteiger charge is 2.00. The first-order chi connectivity index (χ1) is 9.83. The molecule has 0 aromatic heterocycles. The predicted octanol–water partition coefficient (Wildman–Crippen LogP) is 5.17. The van der Waals surface area contributed by atoms with Crippen molar-refractivity contribution in [2.45, 2.75) is 12.8 Å². The monoisotopic (exact) mass is 400 g/mol. The van der Waals surface area contributed by atoms with Crippen LogP contribution in [0.25, 0.3) is 10.8 Å². The van der Waals surface area contributed by atoms with Gasteiger partial charge in [0.1, 0.15) is 11.5 Å². The summed E-state index contributed by atoms with van der Waals surface area (Å²) in [6.45, 7) is 1.47. The van der Waals surface area contributed by atoms with Gasteiger partial charge in [0.2, 0.25) is 0 Å². The van der Waals surface area contributed by atoms with E-state index < -0.39 is 0 Å². The van der Waals surface area contributed by atoms with Crippen molar-refractivity contribution in [1.82, 2.24) is 0 Å². The summed E-state index contributed by atoms with van der Waals surface area (Å²) in [6.07, 6.45) is 2.02. The van der Waals surface area contributed by atoms with Crippen LogP contribution in [0.5, 0.6) is 11.5 Å². The van der Waals surface area contributed by atoms with Crippen molar-refractivity contribution in [2.24, 2.45) is 0 Å². The van der Waals surface area contributed by atoms with E-state index in [9.17, 15) is 0 Å². The lowest BCUT2D eigenvalue weighted by Crippen LogP contribution is -1.98. The van der Waals surface area contributed by atoms with E-state index in [0.717, 1.165) is 53.6 Å². The lowest BCUT2D eigenvalue weighted by atomic mass is 10.1. The van der Waals surface area contributed by atoms with E-state index in [-0.39, 0.29) is 0 Å². The molecule has 4 heteroatoms.